The highest BCUT2D eigenvalue weighted by Crippen LogP contribution is 2.82. The van der Waals surface area contributed by atoms with Gasteiger partial charge in [0, 0.05) is 46.6 Å². The van der Waals surface area contributed by atoms with Crippen LogP contribution in [0.15, 0.2) is 138 Å². The van der Waals surface area contributed by atoms with E-state index in [2.05, 4.69) is 141 Å². The van der Waals surface area contributed by atoms with E-state index in [1.54, 1.807) is 11.1 Å². The smallest absolute Gasteiger partial charge is 0.306 e. The van der Waals surface area contributed by atoms with E-state index in [1.165, 1.54) is 106 Å². The van der Waals surface area contributed by atoms with Gasteiger partial charge in [0.1, 0.15) is 0 Å². The molecule has 4 fully saturated rings. The number of allylic oxidation sites excluding steroid dienone is 9. The maximum absolute atomic E-state index is 14.4. The van der Waals surface area contributed by atoms with Crippen molar-refractivity contribution in [1.82, 2.24) is 10.6 Å². The molecule has 0 aromatic heterocycles. The quantitative estimate of drug-likeness (QED) is 0.137. The highest BCUT2D eigenvalue weighted by atomic mass is 16.4. The minimum absolute atomic E-state index is 0.114. The first kappa shape index (κ1) is 56.6. The van der Waals surface area contributed by atoms with Crippen LogP contribution in [0.3, 0.4) is 0 Å². The fourth-order valence-electron chi connectivity index (χ4n) is 22.3. The Morgan fingerprint density at radius 2 is 1.61 bits per heavy atom. The fourth-order valence-corrected chi connectivity index (χ4v) is 22.3. The molecule has 3 aromatic carbocycles. The zero-order valence-electron chi connectivity index (χ0n) is 51.2. The van der Waals surface area contributed by atoms with Gasteiger partial charge in [0.2, 0.25) is 0 Å². The number of aliphatic hydroxyl groups excluding tert-OH is 2. The van der Waals surface area contributed by atoms with Crippen LogP contribution in [0.5, 0.6) is 0 Å². The molecule has 14 bridgehead atoms. The predicted octanol–water partition coefficient (Wildman–Crippen LogP) is 14.8. The van der Waals surface area contributed by atoms with Gasteiger partial charge >= 0.3 is 5.97 Å². The SMILES string of the molecule is C=C1CCC(C(=O)O)C2C(O)CC3(C4CCCC4)C4=C(CCC23C)C23CCC(O)C5(C)CC=CC(C=C6C(=c7cccc(CCC(C)CCc8ccccc8)c7=CC62)Cc2cccc(c2)C2=CC=C(NCCCC1C1CCCCC1)NC2)(C4)C53. The van der Waals surface area contributed by atoms with Crippen LogP contribution in [0.1, 0.15) is 184 Å². The summed E-state index contributed by atoms with van der Waals surface area (Å²) in [5.74, 6) is 1.61. The van der Waals surface area contributed by atoms with Crippen molar-refractivity contribution in [3.8, 4) is 0 Å². The van der Waals surface area contributed by atoms with Crippen LogP contribution in [0.25, 0.3) is 17.2 Å². The lowest BCUT2D eigenvalue weighted by atomic mass is 9.30. The van der Waals surface area contributed by atoms with E-state index in [-0.39, 0.29) is 39.4 Å². The van der Waals surface area contributed by atoms with Crippen LogP contribution in [0.2, 0.25) is 0 Å². The van der Waals surface area contributed by atoms with Crippen molar-refractivity contribution < 1.29 is 20.1 Å². The number of benzene rings is 3. The summed E-state index contributed by atoms with van der Waals surface area (Å²) in [5.41, 5.74) is 12.7. The molecule has 13 atom stereocenters. The molecule has 3 aromatic rings. The third-order valence-corrected chi connectivity index (χ3v) is 26.0. The Bertz CT molecular complexity index is 3350. The monoisotopic (exact) mass is 1130 g/mol. The number of aliphatic carboxylic acids is 1. The highest BCUT2D eigenvalue weighted by molar-refractivity contribution is 5.78. The first-order valence-corrected chi connectivity index (χ1v) is 34.0. The van der Waals surface area contributed by atoms with Gasteiger partial charge in [-0.15, -0.1) is 0 Å². The van der Waals surface area contributed by atoms with Gasteiger partial charge in [0.05, 0.1) is 23.9 Å². The van der Waals surface area contributed by atoms with Crippen molar-refractivity contribution in [3.63, 3.8) is 0 Å². The summed E-state index contributed by atoms with van der Waals surface area (Å²) in [6.07, 6.45) is 39.8. The molecule has 0 saturated heterocycles. The third-order valence-electron chi connectivity index (χ3n) is 26.0. The van der Waals surface area contributed by atoms with Crippen LogP contribution in [-0.4, -0.2) is 46.6 Å². The van der Waals surface area contributed by atoms with Crippen molar-refractivity contribution >= 4 is 23.2 Å². The zero-order valence-corrected chi connectivity index (χ0v) is 51.2. The third kappa shape index (κ3) is 9.14. The standard InChI is InChI=1S/C78H98N2O4/c1-50(28-31-52-17-7-5-8-18-52)29-32-55-22-14-26-60-62(55)45-66-64-46-76-39-16-38-74(3)69(82)37-41-77(66,73(74)76)65-36-40-75(4)71(68(81)48-78(75,67(65)47-76)58-24-11-12-25-58)61(72(83)84)34-30-51(2)59(54-20-9-6-10-21-54)27-15-42-79-70-35-33-57(49-80-70)56-23-13-19-53(43-56)44-63(60)64/h5,7-8,13-14,16-19,22-23,26,33,35,39,43,45-46,50,54,58-59,61,66,68-69,71,73,79-82H,2,6,9-12,15,20-21,24-25,27-32,34,36-38,40-42,44,47-49H2,1,3-4H3,(H,83,84). The van der Waals surface area contributed by atoms with E-state index in [1.807, 2.05) is 0 Å². The molecule has 6 aliphatic heterocycles. The van der Waals surface area contributed by atoms with Gasteiger partial charge in [-0.1, -0.05) is 179 Å². The lowest BCUT2D eigenvalue weighted by Crippen LogP contribution is -2.68. The molecule has 4 saturated carbocycles. The molecule has 6 heterocycles. The molecular formula is C78H98N2O4. The average molecular weight is 1130 g/mol. The lowest BCUT2D eigenvalue weighted by molar-refractivity contribution is -0.163. The maximum atomic E-state index is 14.4. The molecule has 0 radical (unpaired) electrons. The number of dihydropyridines is 1. The maximum Gasteiger partial charge on any atom is 0.306 e. The van der Waals surface area contributed by atoms with Crippen molar-refractivity contribution in [2.75, 3.05) is 13.1 Å². The number of carbonyl (C=O) groups is 1. The lowest BCUT2D eigenvalue weighted by Gasteiger charge is -2.73. The molecule has 9 aliphatic carbocycles. The van der Waals surface area contributed by atoms with Crippen molar-refractivity contribution in [2.45, 2.75) is 193 Å². The Balaban J connectivity index is 0.957. The Kier molecular flexibility index (Phi) is 15.0. The molecule has 15 aliphatic rings. The highest BCUT2D eigenvalue weighted by Gasteiger charge is 2.76. The Morgan fingerprint density at radius 3 is 2.40 bits per heavy atom. The summed E-state index contributed by atoms with van der Waals surface area (Å²) in [5, 5.41) is 48.2. The number of fused-ring (bicyclic) bond motifs is 1. The Hall–Kier alpha value is -5.17. The van der Waals surface area contributed by atoms with Crippen molar-refractivity contribution in [3.05, 3.63) is 171 Å². The van der Waals surface area contributed by atoms with Crippen LogP contribution in [-0.2, 0) is 24.1 Å². The Labute approximate surface area is 503 Å². The van der Waals surface area contributed by atoms with Crippen LogP contribution in [0, 0.1) is 74.4 Å². The second kappa shape index (κ2) is 22.2. The fraction of sp³-hybridized carbons (Fsp3) is 0.577. The number of carboxylic acids is 1. The molecule has 18 rings (SSSR count). The minimum Gasteiger partial charge on any atom is -0.481 e. The molecule has 6 nitrogen and oxygen atoms in total. The second-order valence-corrected chi connectivity index (χ2v) is 30.0. The summed E-state index contributed by atoms with van der Waals surface area (Å²) in [6.45, 7) is 14.0. The largest absolute Gasteiger partial charge is 0.481 e. The molecule has 6 heteroatoms. The van der Waals surface area contributed by atoms with E-state index in [9.17, 15) is 20.1 Å². The minimum atomic E-state index is -0.727. The summed E-state index contributed by atoms with van der Waals surface area (Å²) in [6, 6.07) is 27.7. The first-order valence-electron chi connectivity index (χ1n) is 34.0. The summed E-state index contributed by atoms with van der Waals surface area (Å²) in [4.78, 5) is 14.4. The molecule has 84 heavy (non-hydrogen) atoms. The van der Waals surface area contributed by atoms with Crippen molar-refractivity contribution in [1.29, 1.82) is 0 Å². The van der Waals surface area contributed by atoms with E-state index >= 15 is 0 Å². The van der Waals surface area contributed by atoms with E-state index in [4.69, 9.17) is 6.58 Å². The summed E-state index contributed by atoms with van der Waals surface area (Å²) < 4.78 is 0. The molecule has 13 unspecified atom stereocenters. The number of carboxylic acid groups (broad SMARTS) is 1. The second-order valence-electron chi connectivity index (χ2n) is 30.0. The number of aryl methyl sites for hydroxylation is 2. The van der Waals surface area contributed by atoms with Gasteiger partial charge in [-0.2, -0.15) is 0 Å². The van der Waals surface area contributed by atoms with Crippen molar-refractivity contribution in [2.24, 2.45) is 74.4 Å². The number of hydrogen-bond donors (Lipinski definition) is 5. The van der Waals surface area contributed by atoms with Gasteiger partial charge in [-0.05, 0) is 219 Å². The molecule has 0 amide bonds. The number of nitrogens with one attached hydrogen (secondary N) is 2. The number of hydrogen-bond acceptors (Lipinski definition) is 5. The van der Waals surface area contributed by atoms with Gasteiger partial charge in [0.25, 0.3) is 0 Å². The van der Waals surface area contributed by atoms with Gasteiger partial charge in [-0.25, -0.2) is 0 Å². The summed E-state index contributed by atoms with van der Waals surface area (Å²) >= 11 is 0. The normalized spacial score (nSPS) is 36.9. The van der Waals surface area contributed by atoms with Gasteiger partial charge in [0.15, 0.2) is 0 Å². The topological polar surface area (TPSA) is 102 Å². The average Bonchev–Trinajstić information content (AvgIpc) is 1.08. The molecule has 5 N–H and O–H groups in total. The van der Waals surface area contributed by atoms with E-state index in [0.29, 0.717) is 42.9 Å². The summed E-state index contributed by atoms with van der Waals surface area (Å²) in [7, 11) is 0. The Morgan fingerprint density at radius 1 is 0.810 bits per heavy atom. The number of aliphatic hydroxyl groups is 2. The van der Waals surface area contributed by atoms with Crippen LogP contribution < -0.4 is 21.1 Å². The van der Waals surface area contributed by atoms with Crippen LogP contribution >= 0.6 is 0 Å². The molecule has 2 spiro atoms. The number of rotatable bonds is 9. The molecular weight excluding hydrogens is 1030 g/mol. The van der Waals surface area contributed by atoms with Crippen LogP contribution in [0.4, 0.5) is 0 Å². The first-order chi connectivity index (χ1) is 40.8. The molecule has 444 valence electrons. The van der Waals surface area contributed by atoms with E-state index in [0.717, 1.165) is 109 Å². The zero-order chi connectivity index (χ0) is 57.6. The predicted molar refractivity (Wildman–Crippen MR) is 341 cm³/mol. The van der Waals surface area contributed by atoms with Gasteiger partial charge in [-0.3, -0.25) is 4.79 Å². The van der Waals surface area contributed by atoms with E-state index < -0.39 is 29.5 Å². The van der Waals surface area contributed by atoms with Gasteiger partial charge < -0.3 is 26.0 Å².